The Morgan fingerprint density at radius 1 is 1.00 bits per heavy atom. The van der Waals surface area contributed by atoms with Crippen LogP contribution in [-0.4, -0.2) is 36.5 Å². The Kier molecular flexibility index (Phi) is 9.28. The summed E-state index contributed by atoms with van der Waals surface area (Å²) in [7, 11) is 0. The average molecular weight is 452 g/mol. The smallest absolute Gasteiger partial charge is 0.255 e. The van der Waals surface area contributed by atoms with Crippen LogP contribution >= 0.6 is 24.8 Å². The van der Waals surface area contributed by atoms with E-state index in [-0.39, 0.29) is 36.8 Å². The lowest BCUT2D eigenvalue weighted by Gasteiger charge is -2.20. The Bertz CT molecular complexity index is 812. The molecule has 0 spiro atoms. The number of nitrogens with one attached hydrogen (secondary N) is 1. The van der Waals surface area contributed by atoms with Crippen LogP contribution < -0.4 is 15.8 Å². The van der Waals surface area contributed by atoms with Crippen molar-refractivity contribution < 1.29 is 9.53 Å². The summed E-state index contributed by atoms with van der Waals surface area (Å²) in [6.07, 6.45) is 6.43. The SMILES string of the molecule is Cl.Cl.Nc1ccccc1NC(=O)c1ccc(OC2CCCN(CC3CC3)CC2)cc1. The highest BCUT2D eigenvalue weighted by atomic mass is 35.5. The molecule has 1 atom stereocenters. The van der Waals surface area contributed by atoms with Crippen LogP contribution in [0.15, 0.2) is 48.5 Å². The van der Waals surface area contributed by atoms with Gasteiger partial charge in [0, 0.05) is 18.7 Å². The van der Waals surface area contributed by atoms with Crippen LogP contribution in [0.1, 0.15) is 42.5 Å². The number of anilines is 2. The number of hydrogen-bond donors (Lipinski definition) is 2. The van der Waals surface area contributed by atoms with Gasteiger partial charge in [-0.1, -0.05) is 12.1 Å². The van der Waals surface area contributed by atoms with Gasteiger partial charge >= 0.3 is 0 Å². The Hall–Kier alpha value is -1.95. The predicted molar refractivity (Wildman–Crippen MR) is 127 cm³/mol. The zero-order chi connectivity index (χ0) is 19.3. The third-order valence-corrected chi connectivity index (χ3v) is 5.61. The van der Waals surface area contributed by atoms with E-state index in [2.05, 4.69) is 10.2 Å². The summed E-state index contributed by atoms with van der Waals surface area (Å²) >= 11 is 0. The molecule has 2 aromatic carbocycles. The van der Waals surface area contributed by atoms with Crippen molar-refractivity contribution >= 4 is 42.1 Å². The fraction of sp³-hybridized carbons (Fsp3) is 0.435. The fourth-order valence-electron chi connectivity index (χ4n) is 3.77. The van der Waals surface area contributed by atoms with Crippen LogP contribution in [-0.2, 0) is 0 Å². The molecular formula is C23H31Cl2N3O2. The molecule has 1 heterocycles. The normalized spacial score (nSPS) is 19.0. The Balaban J connectivity index is 0.00000160. The average Bonchev–Trinajstić information content (AvgIpc) is 3.53. The summed E-state index contributed by atoms with van der Waals surface area (Å²) in [4.78, 5) is 15.0. The van der Waals surface area contributed by atoms with E-state index in [4.69, 9.17) is 10.5 Å². The van der Waals surface area contributed by atoms with Crippen molar-refractivity contribution in [1.29, 1.82) is 0 Å². The molecule has 0 aromatic heterocycles. The second-order valence-corrected chi connectivity index (χ2v) is 7.98. The number of para-hydroxylation sites is 2. The van der Waals surface area contributed by atoms with Gasteiger partial charge in [-0.15, -0.1) is 24.8 Å². The van der Waals surface area contributed by atoms with Crippen LogP contribution in [0.3, 0.4) is 0 Å². The predicted octanol–water partition coefficient (Wildman–Crippen LogP) is 5.01. The second-order valence-electron chi connectivity index (χ2n) is 7.98. The molecule has 1 saturated heterocycles. The van der Waals surface area contributed by atoms with Gasteiger partial charge < -0.3 is 20.7 Å². The number of halogens is 2. The molecule has 5 nitrogen and oxygen atoms in total. The molecule has 1 saturated carbocycles. The summed E-state index contributed by atoms with van der Waals surface area (Å²) in [5, 5.41) is 2.85. The van der Waals surface area contributed by atoms with Gasteiger partial charge in [0.25, 0.3) is 5.91 Å². The number of carbonyl (C=O) groups excluding carboxylic acids is 1. The van der Waals surface area contributed by atoms with Crippen LogP contribution in [0.25, 0.3) is 0 Å². The summed E-state index contributed by atoms with van der Waals surface area (Å²) in [6, 6.07) is 14.6. The molecule has 0 radical (unpaired) electrons. The van der Waals surface area contributed by atoms with Crippen molar-refractivity contribution in [2.24, 2.45) is 5.92 Å². The highest BCUT2D eigenvalue weighted by molar-refractivity contribution is 6.05. The van der Waals surface area contributed by atoms with E-state index in [1.807, 2.05) is 24.3 Å². The summed E-state index contributed by atoms with van der Waals surface area (Å²) in [5.74, 6) is 1.61. The van der Waals surface area contributed by atoms with Gasteiger partial charge in [-0.2, -0.15) is 0 Å². The van der Waals surface area contributed by atoms with Crippen LogP contribution in [0.4, 0.5) is 11.4 Å². The van der Waals surface area contributed by atoms with Crippen LogP contribution in [0.2, 0.25) is 0 Å². The number of nitrogens with two attached hydrogens (primary N) is 1. The molecule has 1 unspecified atom stereocenters. The molecule has 1 amide bonds. The largest absolute Gasteiger partial charge is 0.490 e. The minimum Gasteiger partial charge on any atom is -0.490 e. The van der Waals surface area contributed by atoms with E-state index >= 15 is 0 Å². The van der Waals surface area contributed by atoms with Gasteiger partial charge in [0.15, 0.2) is 0 Å². The first-order chi connectivity index (χ1) is 13.7. The zero-order valence-corrected chi connectivity index (χ0v) is 18.7. The molecule has 1 aliphatic heterocycles. The number of amides is 1. The van der Waals surface area contributed by atoms with E-state index < -0.39 is 0 Å². The van der Waals surface area contributed by atoms with Crippen molar-refractivity contribution in [3.05, 3.63) is 54.1 Å². The van der Waals surface area contributed by atoms with E-state index in [9.17, 15) is 4.79 Å². The van der Waals surface area contributed by atoms with E-state index in [0.29, 0.717) is 16.9 Å². The molecular weight excluding hydrogens is 421 g/mol. The van der Waals surface area contributed by atoms with E-state index in [1.54, 1.807) is 24.3 Å². The Morgan fingerprint density at radius 3 is 2.43 bits per heavy atom. The quantitative estimate of drug-likeness (QED) is 0.605. The molecule has 1 aliphatic carbocycles. The van der Waals surface area contributed by atoms with Crippen LogP contribution in [0, 0.1) is 5.92 Å². The lowest BCUT2D eigenvalue weighted by molar-refractivity contribution is 0.102. The minimum absolute atomic E-state index is 0. The molecule has 3 N–H and O–H groups in total. The maximum absolute atomic E-state index is 12.4. The number of carbonyl (C=O) groups is 1. The van der Waals surface area contributed by atoms with Gasteiger partial charge in [-0.3, -0.25) is 4.79 Å². The third kappa shape index (κ3) is 6.79. The first-order valence-corrected chi connectivity index (χ1v) is 10.3. The molecule has 2 aromatic rings. The fourth-order valence-corrected chi connectivity index (χ4v) is 3.77. The molecule has 0 bridgehead atoms. The number of nitrogens with zero attached hydrogens (tertiary/aromatic N) is 1. The summed E-state index contributed by atoms with van der Waals surface area (Å²) < 4.78 is 6.20. The topological polar surface area (TPSA) is 67.6 Å². The van der Waals surface area contributed by atoms with Gasteiger partial charge in [0.05, 0.1) is 17.5 Å². The highest BCUT2D eigenvalue weighted by Gasteiger charge is 2.26. The first-order valence-electron chi connectivity index (χ1n) is 10.3. The summed E-state index contributed by atoms with van der Waals surface area (Å²) in [6.45, 7) is 3.58. The molecule has 164 valence electrons. The molecule has 2 aliphatic rings. The number of ether oxygens (including phenoxy) is 1. The van der Waals surface area contributed by atoms with Crippen molar-refractivity contribution in [2.75, 3.05) is 30.7 Å². The van der Waals surface area contributed by atoms with Crippen LogP contribution in [0.5, 0.6) is 5.75 Å². The third-order valence-electron chi connectivity index (χ3n) is 5.61. The van der Waals surface area contributed by atoms with Gasteiger partial charge in [-0.25, -0.2) is 0 Å². The van der Waals surface area contributed by atoms with Crippen molar-refractivity contribution in [2.45, 2.75) is 38.2 Å². The number of likely N-dealkylation sites (tertiary alicyclic amines) is 1. The number of benzene rings is 2. The maximum atomic E-state index is 12.4. The lowest BCUT2D eigenvalue weighted by Crippen LogP contribution is -2.28. The maximum Gasteiger partial charge on any atom is 0.255 e. The Labute approximate surface area is 191 Å². The van der Waals surface area contributed by atoms with Crippen molar-refractivity contribution in [3.8, 4) is 5.75 Å². The number of rotatable bonds is 6. The minimum atomic E-state index is -0.172. The summed E-state index contributed by atoms with van der Waals surface area (Å²) in [5.41, 5.74) is 7.66. The van der Waals surface area contributed by atoms with Gasteiger partial charge in [0.2, 0.25) is 0 Å². The van der Waals surface area contributed by atoms with Crippen molar-refractivity contribution in [3.63, 3.8) is 0 Å². The monoisotopic (exact) mass is 451 g/mol. The number of nitrogen functional groups attached to an aromatic ring is 1. The molecule has 2 fully saturated rings. The standard InChI is InChI=1S/C23H29N3O2.2ClH/c24-21-5-1-2-6-22(21)25-23(27)18-9-11-20(12-10-18)28-19-4-3-14-26(15-13-19)16-17-7-8-17;;/h1-2,5-6,9-12,17,19H,3-4,7-8,13-16,24H2,(H,25,27);2*1H. The van der Waals surface area contributed by atoms with Gasteiger partial charge in [-0.05, 0) is 81.0 Å². The molecule has 4 rings (SSSR count). The number of hydrogen-bond acceptors (Lipinski definition) is 4. The van der Waals surface area contributed by atoms with Gasteiger partial charge in [0.1, 0.15) is 5.75 Å². The van der Waals surface area contributed by atoms with E-state index in [0.717, 1.165) is 31.1 Å². The van der Waals surface area contributed by atoms with E-state index in [1.165, 1.54) is 32.4 Å². The first kappa shape index (κ1) is 24.3. The van der Waals surface area contributed by atoms with Crippen molar-refractivity contribution in [1.82, 2.24) is 4.90 Å². The zero-order valence-electron chi connectivity index (χ0n) is 17.1. The molecule has 30 heavy (non-hydrogen) atoms. The molecule has 7 heteroatoms. The second kappa shape index (κ2) is 11.4. The Morgan fingerprint density at radius 2 is 1.73 bits per heavy atom. The highest BCUT2D eigenvalue weighted by Crippen LogP contribution is 2.30. The lowest BCUT2D eigenvalue weighted by atomic mass is 10.1.